The van der Waals surface area contributed by atoms with E-state index in [2.05, 4.69) is 39.8 Å². The van der Waals surface area contributed by atoms with E-state index in [1.807, 2.05) is 24.3 Å². The Morgan fingerprint density at radius 3 is 2.95 bits per heavy atom. The molecular weight excluding hydrogens is 371 g/mol. The van der Waals surface area contributed by atoms with Gasteiger partial charge in [-0.15, -0.1) is 0 Å². The fraction of sp³-hybridized carbons (Fsp3) is 0.500. The number of aliphatic imine (C=N–C) groups is 1. The number of nitrogens with zero attached hydrogens (tertiary/aromatic N) is 1. The number of ether oxygens (including phenoxy) is 3. The number of hydrogen-bond donors (Lipinski definition) is 1. The number of fused-ring (bicyclic) bond motifs is 1. The molecule has 1 N–H and O–H groups in total. The van der Waals surface area contributed by atoms with E-state index < -0.39 is 5.79 Å². The molecule has 0 radical (unpaired) electrons. The first-order valence-electron chi connectivity index (χ1n) is 6.67. The predicted molar refractivity (Wildman–Crippen MR) is 85.0 cm³/mol. The van der Waals surface area contributed by atoms with Crippen molar-refractivity contribution in [3.05, 3.63) is 24.3 Å². The molecule has 0 aromatic heterocycles. The van der Waals surface area contributed by atoms with Crippen LogP contribution >= 0.6 is 22.6 Å². The molecule has 0 saturated carbocycles. The summed E-state index contributed by atoms with van der Waals surface area (Å²) in [5, 5.41) is 3.24. The van der Waals surface area contributed by atoms with Crippen molar-refractivity contribution in [2.45, 2.75) is 16.6 Å². The molecule has 6 heteroatoms. The molecule has 0 bridgehead atoms. The number of rotatable bonds is 4. The van der Waals surface area contributed by atoms with E-state index in [9.17, 15) is 0 Å². The monoisotopic (exact) mass is 388 g/mol. The maximum absolute atomic E-state index is 6.11. The molecule has 3 rings (SSSR count). The minimum Gasteiger partial charge on any atom is -0.482 e. The summed E-state index contributed by atoms with van der Waals surface area (Å²) in [5.41, 5.74) is 0. The Morgan fingerprint density at radius 1 is 1.45 bits per heavy atom. The van der Waals surface area contributed by atoms with E-state index in [0.29, 0.717) is 22.9 Å². The van der Waals surface area contributed by atoms with Gasteiger partial charge in [0, 0.05) is 10.5 Å². The van der Waals surface area contributed by atoms with Gasteiger partial charge in [0.15, 0.2) is 23.9 Å². The summed E-state index contributed by atoms with van der Waals surface area (Å²) in [6, 6.07) is 7.62. The van der Waals surface area contributed by atoms with Gasteiger partial charge in [0.1, 0.15) is 0 Å². The van der Waals surface area contributed by atoms with Gasteiger partial charge in [0.25, 0.3) is 0 Å². The van der Waals surface area contributed by atoms with Gasteiger partial charge in [-0.05, 0) is 12.1 Å². The summed E-state index contributed by atoms with van der Waals surface area (Å²) in [6.45, 7) is 4.53. The molecule has 0 spiro atoms. The molecule has 0 saturated heterocycles. The van der Waals surface area contributed by atoms with Crippen molar-refractivity contribution in [3.8, 4) is 11.5 Å². The lowest BCUT2D eigenvalue weighted by molar-refractivity contribution is -0.163. The van der Waals surface area contributed by atoms with Crippen LogP contribution in [0.15, 0.2) is 29.3 Å². The van der Waals surface area contributed by atoms with Crippen LogP contribution < -0.4 is 14.8 Å². The molecule has 2 aliphatic rings. The van der Waals surface area contributed by atoms with Crippen molar-refractivity contribution >= 4 is 28.4 Å². The first-order chi connectivity index (χ1) is 9.70. The Bertz CT molecular complexity index is 521. The Morgan fingerprint density at radius 2 is 2.25 bits per heavy atom. The number of para-hydroxylation sites is 2. The minimum atomic E-state index is -0.954. The maximum atomic E-state index is 6.11. The van der Waals surface area contributed by atoms with Crippen LogP contribution in [0.2, 0.25) is 0 Å². The molecule has 2 aliphatic heterocycles. The number of amidine groups is 1. The second-order valence-electron chi connectivity index (χ2n) is 4.84. The molecule has 20 heavy (non-hydrogen) atoms. The topological polar surface area (TPSA) is 52.1 Å². The first-order valence-corrected chi connectivity index (χ1v) is 7.92. The highest BCUT2D eigenvalue weighted by Gasteiger charge is 2.45. The van der Waals surface area contributed by atoms with Crippen LogP contribution in [0, 0.1) is 0 Å². The Kier molecular flexibility index (Phi) is 4.02. The maximum Gasteiger partial charge on any atom is 0.304 e. The highest BCUT2D eigenvalue weighted by molar-refractivity contribution is 14.1. The molecule has 108 valence electrons. The number of hydrogen-bond acceptors (Lipinski definition) is 5. The van der Waals surface area contributed by atoms with Gasteiger partial charge in [0.2, 0.25) is 0 Å². The van der Waals surface area contributed by atoms with E-state index in [-0.39, 0.29) is 0 Å². The molecule has 1 aromatic rings. The average molecular weight is 388 g/mol. The third kappa shape index (κ3) is 2.71. The Hall–Kier alpha value is -1.02. The molecule has 5 nitrogen and oxygen atoms in total. The van der Waals surface area contributed by atoms with E-state index >= 15 is 0 Å². The van der Waals surface area contributed by atoms with E-state index in [1.165, 1.54) is 0 Å². The van der Waals surface area contributed by atoms with Gasteiger partial charge in [0.05, 0.1) is 13.2 Å². The quantitative estimate of drug-likeness (QED) is 0.634. The molecule has 2 unspecified atom stereocenters. The van der Waals surface area contributed by atoms with Gasteiger partial charge in [-0.3, -0.25) is 4.99 Å². The second kappa shape index (κ2) is 5.77. The van der Waals surface area contributed by atoms with Gasteiger partial charge < -0.3 is 19.5 Å². The number of alkyl halides is 1. The van der Waals surface area contributed by atoms with Crippen molar-refractivity contribution < 1.29 is 14.2 Å². The van der Waals surface area contributed by atoms with E-state index in [1.54, 1.807) is 0 Å². The zero-order valence-corrected chi connectivity index (χ0v) is 13.4. The molecule has 0 aliphatic carbocycles. The molecule has 2 heterocycles. The largest absolute Gasteiger partial charge is 0.482 e. The minimum absolute atomic E-state index is 0.305. The lowest BCUT2D eigenvalue weighted by Gasteiger charge is -2.37. The van der Waals surface area contributed by atoms with Gasteiger partial charge in [-0.2, -0.15) is 0 Å². The molecular formula is C14H17IN2O3. The van der Waals surface area contributed by atoms with Gasteiger partial charge in [-0.25, -0.2) is 0 Å². The first kappa shape index (κ1) is 13.9. The summed E-state index contributed by atoms with van der Waals surface area (Å²) >= 11 is 2.33. The van der Waals surface area contributed by atoms with Crippen LogP contribution in [-0.2, 0) is 4.74 Å². The van der Waals surface area contributed by atoms with Crippen molar-refractivity contribution in [2.24, 2.45) is 4.99 Å². The lowest BCUT2D eigenvalue weighted by atomic mass is 10.2. The zero-order chi connectivity index (χ0) is 14.0. The SMILES string of the molecule is CC(I)COC1(C2=NCCN2)COc2ccccc2O1. The summed E-state index contributed by atoms with van der Waals surface area (Å²) in [5.74, 6) is 1.21. The van der Waals surface area contributed by atoms with Crippen LogP contribution in [0.25, 0.3) is 0 Å². The zero-order valence-electron chi connectivity index (χ0n) is 11.3. The standard InChI is InChI=1S/C14H17IN2O3/c1-10(15)8-19-14(13-16-6-7-17-13)9-18-11-4-2-3-5-12(11)20-14/h2-5,10H,6-9H2,1H3,(H,16,17). The fourth-order valence-corrected chi connectivity index (χ4v) is 2.37. The average Bonchev–Trinajstić information content (AvgIpc) is 3.00. The Balaban J connectivity index is 1.87. The summed E-state index contributed by atoms with van der Waals surface area (Å²) < 4.78 is 18.3. The van der Waals surface area contributed by atoms with Gasteiger partial charge >= 0.3 is 5.79 Å². The third-order valence-corrected chi connectivity index (χ3v) is 3.48. The highest BCUT2D eigenvalue weighted by Crippen LogP contribution is 2.36. The smallest absolute Gasteiger partial charge is 0.304 e. The highest BCUT2D eigenvalue weighted by atomic mass is 127. The van der Waals surface area contributed by atoms with Crippen molar-refractivity contribution in [1.82, 2.24) is 5.32 Å². The fourth-order valence-electron chi connectivity index (χ4n) is 2.19. The van der Waals surface area contributed by atoms with Crippen LogP contribution in [-0.4, -0.2) is 41.9 Å². The van der Waals surface area contributed by atoms with Crippen LogP contribution in [0.4, 0.5) is 0 Å². The van der Waals surface area contributed by atoms with E-state index in [0.717, 1.165) is 24.7 Å². The summed E-state index contributed by atoms with van der Waals surface area (Å²) in [6.07, 6.45) is 0. The number of nitrogens with one attached hydrogen (secondary N) is 1. The molecule has 0 amide bonds. The molecule has 1 aromatic carbocycles. The molecule has 0 fully saturated rings. The van der Waals surface area contributed by atoms with Crippen LogP contribution in [0.1, 0.15) is 6.92 Å². The number of halogens is 1. The van der Waals surface area contributed by atoms with E-state index in [4.69, 9.17) is 14.2 Å². The second-order valence-corrected chi connectivity index (χ2v) is 6.97. The van der Waals surface area contributed by atoms with Crippen molar-refractivity contribution in [1.29, 1.82) is 0 Å². The summed E-state index contributed by atoms with van der Waals surface area (Å²) in [7, 11) is 0. The lowest BCUT2D eigenvalue weighted by Crippen LogP contribution is -2.58. The normalized spacial score (nSPS) is 25.8. The van der Waals surface area contributed by atoms with Crippen LogP contribution in [0.5, 0.6) is 11.5 Å². The van der Waals surface area contributed by atoms with Crippen LogP contribution in [0.3, 0.4) is 0 Å². The summed E-state index contributed by atoms with van der Waals surface area (Å²) in [4.78, 5) is 4.46. The predicted octanol–water partition coefficient (Wildman–Crippen LogP) is 2.00. The number of benzene rings is 1. The third-order valence-electron chi connectivity index (χ3n) is 3.12. The van der Waals surface area contributed by atoms with Crippen molar-refractivity contribution in [3.63, 3.8) is 0 Å². The van der Waals surface area contributed by atoms with Gasteiger partial charge in [-0.1, -0.05) is 41.6 Å². The van der Waals surface area contributed by atoms with Crippen molar-refractivity contribution in [2.75, 3.05) is 26.3 Å². The Labute approximate surface area is 131 Å². The molecule has 2 atom stereocenters.